The van der Waals surface area contributed by atoms with E-state index in [2.05, 4.69) is 61.4 Å². The number of aliphatic imine (C=N–C) groups is 2. The average Bonchev–Trinajstić information content (AvgIpc) is 3.47. The Morgan fingerprint density at radius 2 is 1.58 bits per heavy atom. The van der Waals surface area contributed by atoms with Crippen molar-refractivity contribution in [3.63, 3.8) is 0 Å². The second kappa shape index (κ2) is 13.5. The third-order valence-corrected chi connectivity index (χ3v) is 4.57. The summed E-state index contributed by atoms with van der Waals surface area (Å²) >= 11 is 0. The van der Waals surface area contributed by atoms with Gasteiger partial charge in [0.05, 0.1) is 25.5 Å². The van der Waals surface area contributed by atoms with Gasteiger partial charge in [-0.15, -0.1) is 0 Å². The summed E-state index contributed by atoms with van der Waals surface area (Å²) in [7, 11) is 0. The normalized spacial score (nSPS) is 17.5. The van der Waals surface area contributed by atoms with Crippen molar-refractivity contribution in [2.75, 3.05) is 26.2 Å². The fourth-order valence-corrected chi connectivity index (χ4v) is 3.03. The molecule has 0 radical (unpaired) electrons. The quantitative estimate of drug-likeness (QED) is 0.235. The summed E-state index contributed by atoms with van der Waals surface area (Å²) < 4.78 is 0. The predicted octanol–water partition coefficient (Wildman–Crippen LogP) is 3.12. The van der Waals surface area contributed by atoms with Crippen molar-refractivity contribution in [2.45, 2.75) is 20.8 Å². The average molecular weight is 447 g/mol. The fourth-order valence-electron chi connectivity index (χ4n) is 3.03. The number of hydrogen-bond donors (Lipinski definition) is 4. The van der Waals surface area contributed by atoms with E-state index >= 15 is 0 Å². The number of rotatable bonds is 10. The van der Waals surface area contributed by atoms with Gasteiger partial charge < -0.3 is 10.6 Å². The van der Waals surface area contributed by atoms with Crippen LogP contribution < -0.4 is 21.5 Å². The molecule has 0 atom stereocenters. The molecule has 2 rings (SSSR count). The van der Waals surface area contributed by atoms with Gasteiger partial charge in [-0.1, -0.05) is 55.2 Å². The molecule has 2 aliphatic rings. The standard InChI is InChI=1S/C25H34N8/c1-7-9-20(16-30-32-24-26-11-12-27-24)22(18(3)4)15-23(19(5)6)21(10-8-2)17-31-33-25-28-13-14-29-25/h7-10,15-17H,1,3,5,11-14H2,2,4,6H3,(H2,26,27,32)(H2,28,29,33)/b10-8-,20-9-,22-15+,23-21+,30-16+,31-17+. The number of guanidine groups is 2. The first-order chi connectivity index (χ1) is 16.0. The van der Waals surface area contributed by atoms with Gasteiger partial charge in [0.1, 0.15) is 0 Å². The maximum Gasteiger partial charge on any atom is 0.212 e. The van der Waals surface area contributed by atoms with Gasteiger partial charge in [-0.3, -0.25) is 0 Å². The van der Waals surface area contributed by atoms with E-state index in [4.69, 9.17) is 0 Å². The van der Waals surface area contributed by atoms with E-state index in [9.17, 15) is 0 Å². The largest absolute Gasteiger partial charge is 0.353 e. The molecule has 2 heterocycles. The SMILES string of the molecule is C=C\C=C(\C=N\NC1=NCCN1)C(=C/C(C(=C)C)=C(/C=C\C)\C=N\NC1=NCCN1)/C(=C)C. The number of allylic oxidation sites excluding steroid dienone is 11. The zero-order chi connectivity index (χ0) is 24.1. The van der Waals surface area contributed by atoms with Gasteiger partial charge in [-0.2, -0.15) is 10.2 Å². The van der Waals surface area contributed by atoms with E-state index in [0.717, 1.165) is 59.6 Å². The van der Waals surface area contributed by atoms with Crippen molar-refractivity contribution in [3.05, 3.63) is 83.6 Å². The maximum absolute atomic E-state index is 4.35. The summed E-state index contributed by atoms with van der Waals surface area (Å²) in [6, 6.07) is 0. The van der Waals surface area contributed by atoms with Crippen LogP contribution in [0.2, 0.25) is 0 Å². The summed E-state index contributed by atoms with van der Waals surface area (Å²) in [5.41, 5.74) is 11.2. The molecule has 0 spiro atoms. The Hall–Kier alpha value is -3.94. The van der Waals surface area contributed by atoms with Gasteiger partial charge in [0, 0.05) is 24.2 Å². The Morgan fingerprint density at radius 3 is 2.03 bits per heavy atom. The number of nitrogens with one attached hydrogen (secondary N) is 4. The van der Waals surface area contributed by atoms with E-state index in [1.165, 1.54) is 0 Å². The van der Waals surface area contributed by atoms with E-state index in [-0.39, 0.29) is 0 Å². The highest BCUT2D eigenvalue weighted by atomic mass is 15.4. The van der Waals surface area contributed by atoms with Gasteiger partial charge in [0.2, 0.25) is 11.9 Å². The summed E-state index contributed by atoms with van der Waals surface area (Å²) in [5.74, 6) is 1.33. The van der Waals surface area contributed by atoms with Crippen molar-refractivity contribution >= 4 is 24.3 Å². The van der Waals surface area contributed by atoms with Crippen molar-refractivity contribution < 1.29 is 0 Å². The van der Waals surface area contributed by atoms with Crippen LogP contribution in [-0.2, 0) is 0 Å². The van der Waals surface area contributed by atoms with Gasteiger partial charge >= 0.3 is 0 Å². The molecular weight excluding hydrogens is 412 g/mol. The van der Waals surface area contributed by atoms with E-state index in [1.807, 2.05) is 45.1 Å². The van der Waals surface area contributed by atoms with Crippen LogP contribution in [-0.4, -0.2) is 50.5 Å². The van der Waals surface area contributed by atoms with Crippen molar-refractivity contribution in [2.24, 2.45) is 20.2 Å². The molecule has 4 N–H and O–H groups in total. The Bertz CT molecular complexity index is 999. The lowest BCUT2D eigenvalue weighted by molar-refractivity contribution is 0.919. The number of nitrogens with zero attached hydrogens (tertiary/aromatic N) is 4. The molecule has 0 unspecified atom stereocenters. The summed E-state index contributed by atoms with van der Waals surface area (Å²) in [6.45, 7) is 21.2. The van der Waals surface area contributed by atoms with Crippen LogP contribution in [0.25, 0.3) is 0 Å². The van der Waals surface area contributed by atoms with Crippen LogP contribution in [0.4, 0.5) is 0 Å². The van der Waals surface area contributed by atoms with E-state index in [1.54, 1.807) is 18.5 Å². The monoisotopic (exact) mass is 446 g/mol. The highest BCUT2D eigenvalue weighted by Gasteiger charge is 2.10. The number of hydrazone groups is 2. The molecule has 0 aromatic carbocycles. The highest BCUT2D eigenvalue weighted by Crippen LogP contribution is 2.24. The molecule has 8 heteroatoms. The van der Waals surface area contributed by atoms with Crippen LogP contribution in [0.1, 0.15) is 20.8 Å². The molecular formula is C25H34N8. The second-order valence-electron chi connectivity index (χ2n) is 7.40. The topological polar surface area (TPSA) is 97.6 Å². The van der Waals surface area contributed by atoms with E-state index < -0.39 is 0 Å². The third-order valence-electron chi connectivity index (χ3n) is 4.57. The second-order valence-corrected chi connectivity index (χ2v) is 7.40. The molecule has 0 aliphatic carbocycles. The smallest absolute Gasteiger partial charge is 0.212 e. The van der Waals surface area contributed by atoms with Crippen LogP contribution in [0.5, 0.6) is 0 Å². The molecule has 0 fully saturated rings. The predicted molar refractivity (Wildman–Crippen MR) is 142 cm³/mol. The van der Waals surface area contributed by atoms with E-state index in [0.29, 0.717) is 11.9 Å². The first-order valence-electron chi connectivity index (χ1n) is 10.8. The Labute approximate surface area is 196 Å². The van der Waals surface area contributed by atoms with Gasteiger partial charge in [-0.25, -0.2) is 20.8 Å². The van der Waals surface area contributed by atoms with Gasteiger partial charge in [0.15, 0.2) is 0 Å². The lowest BCUT2D eigenvalue weighted by atomic mass is 9.93. The molecule has 0 saturated heterocycles. The first kappa shape index (κ1) is 25.3. The van der Waals surface area contributed by atoms with Crippen LogP contribution in [0.15, 0.2) is 104 Å². The van der Waals surface area contributed by atoms with Gasteiger partial charge in [0.25, 0.3) is 0 Å². The van der Waals surface area contributed by atoms with Crippen LogP contribution in [0, 0.1) is 0 Å². The molecule has 0 bridgehead atoms. The molecule has 0 amide bonds. The van der Waals surface area contributed by atoms with Crippen molar-refractivity contribution in [3.8, 4) is 0 Å². The zero-order valence-corrected chi connectivity index (χ0v) is 19.8. The Kier molecular flexibility index (Phi) is 10.3. The summed E-state index contributed by atoms with van der Waals surface area (Å²) in [5, 5.41) is 14.9. The van der Waals surface area contributed by atoms with Gasteiger partial charge in [-0.05, 0) is 38.0 Å². The summed E-state index contributed by atoms with van der Waals surface area (Å²) in [4.78, 5) is 8.57. The minimum absolute atomic E-state index is 0.660. The van der Waals surface area contributed by atoms with Crippen LogP contribution >= 0.6 is 0 Å². The lowest BCUT2D eigenvalue weighted by Gasteiger charge is -2.12. The lowest BCUT2D eigenvalue weighted by Crippen LogP contribution is -2.30. The number of hydrogen-bond acceptors (Lipinski definition) is 8. The Balaban J connectivity index is 2.42. The van der Waals surface area contributed by atoms with Crippen LogP contribution in [0.3, 0.4) is 0 Å². The molecule has 0 aromatic rings. The minimum Gasteiger partial charge on any atom is -0.353 e. The molecule has 0 aromatic heterocycles. The molecule has 2 aliphatic heterocycles. The van der Waals surface area contributed by atoms with Crippen molar-refractivity contribution in [1.29, 1.82) is 0 Å². The maximum atomic E-state index is 4.35. The molecule has 0 saturated carbocycles. The molecule has 33 heavy (non-hydrogen) atoms. The molecule has 174 valence electrons. The fraction of sp³-hybridized carbons (Fsp3) is 0.280. The van der Waals surface area contributed by atoms with Crippen molar-refractivity contribution in [1.82, 2.24) is 21.5 Å². The summed E-state index contributed by atoms with van der Waals surface area (Å²) in [6.07, 6.45) is 13.1. The molecule has 8 nitrogen and oxygen atoms in total. The first-order valence-corrected chi connectivity index (χ1v) is 10.8. The zero-order valence-electron chi connectivity index (χ0n) is 19.8. The highest BCUT2D eigenvalue weighted by molar-refractivity contribution is 5.91. The Morgan fingerprint density at radius 1 is 0.970 bits per heavy atom. The third kappa shape index (κ3) is 8.25. The minimum atomic E-state index is 0.660.